The Labute approximate surface area is 128 Å². The van der Waals surface area contributed by atoms with Crippen LogP contribution in [0.1, 0.15) is 44.7 Å². The van der Waals surface area contributed by atoms with Gasteiger partial charge in [0.1, 0.15) is 5.75 Å². The van der Waals surface area contributed by atoms with Gasteiger partial charge in [0.25, 0.3) is 0 Å². The summed E-state index contributed by atoms with van der Waals surface area (Å²) < 4.78 is 11.4. The van der Waals surface area contributed by atoms with Crippen molar-refractivity contribution in [3.8, 4) is 5.75 Å². The minimum atomic E-state index is -0.204. The molecule has 0 heterocycles. The Kier molecular flexibility index (Phi) is 7.62. The number of halogens is 1. The van der Waals surface area contributed by atoms with E-state index in [1.54, 1.807) is 6.92 Å². The number of carbonyl (C=O) groups is 1. The van der Waals surface area contributed by atoms with Crippen molar-refractivity contribution in [1.82, 2.24) is 0 Å². The lowest BCUT2D eigenvalue weighted by molar-refractivity contribution is -0.143. The summed E-state index contributed by atoms with van der Waals surface area (Å²) in [5, 5.41) is 0. The molecule has 0 spiro atoms. The molecule has 20 heavy (non-hydrogen) atoms. The number of rotatable bonds is 8. The van der Waals surface area contributed by atoms with Gasteiger partial charge in [0.2, 0.25) is 0 Å². The number of ether oxygens (including phenoxy) is 2. The molecule has 0 fully saturated rings. The van der Waals surface area contributed by atoms with Crippen LogP contribution in [0, 0.1) is 0 Å². The highest BCUT2D eigenvalue weighted by molar-refractivity contribution is 9.10. The van der Waals surface area contributed by atoms with Gasteiger partial charge < -0.3 is 15.2 Å². The lowest BCUT2D eigenvalue weighted by atomic mass is 10.0. The van der Waals surface area contributed by atoms with Crippen LogP contribution < -0.4 is 10.5 Å². The molecule has 0 radical (unpaired) electrons. The minimum Gasteiger partial charge on any atom is -0.492 e. The molecule has 1 aromatic carbocycles. The van der Waals surface area contributed by atoms with Gasteiger partial charge in [-0.25, -0.2) is 0 Å². The Morgan fingerprint density at radius 1 is 1.40 bits per heavy atom. The summed E-state index contributed by atoms with van der Waals surface area (Å²) in [5.74, 6) is 0.609. The molecule has 0 saturated heterocycles. The molecule has 2 N–H and O–H groups in total. The van der Waals surface area contributed by atoms with Crippen LogP contribution in [0.2, 0.25) is 0 Å². The number of benzene rings is 1. The fourth-order valence-corrected chi connectivity index (χ4v) is 2.26. The summed E-state index contributed by atoms with van der Waals surface area (Å²) in [6.07, 6.45) is 1.87. The molecule has 5 heteroatoms. The van der Waals surface area contributed by atoms with Gasteiger partial charge in [-0.3, -0.25) is 4.79 Å². The first-order valence-electron chi connectivity index (χ1n) is 6.91. The van der Waals surface area contributed by atoms with Gasteiger partial charge in [0.15, 0.2) is 0 Å². The third-order valence-corrected chi connectivity index (χ3v) is 3.43. The molecule has 0 aromatic heterocycles. The van der Waals surface area contributed by atoms with E-state index >= 15 is 0 Å². The second kappa shape index (κ2) is 8.97. The van der Waals surface area contributed by atoms with E-state index in [1.165, 1.54) is 0 Å². The van der Waals surface area contributed by atoms with E-state index in [1.807, 2.05) is 18.2 Å². The van der Waals surface area contributed by atoms with Crippen molar-refractivity contribution >= 4 is 21.9 Å². The van der Waals surface area contributed by atoms with Crippen LogP contribution >= 0.6 is 15.9 Å². The summed E-state index contributed by atoms with van der Waals surface area (Å²) in [7, 11) is 0. The number of esters is 1. The zero-order valence-corrected chi connectivity index (χ0v) is 13.6. The molecule has 1 atom stereocenters. The van der Waals surface area contributed by atoms with E-state index < -0.39 is 0 Å². The lowest BCUT2D eigenvalue weighted by Gasteiger charge is -2.14. The van der Waals surface area contributed by atoms with Crippen LogP contribution in [0.4, 0.5) is 0 Å². The Balaban J connectivity index is 2.58. The van der Waals surface area contributed by atoms with Gasteiger partial charge in [-0.15, -0.1) is 0 Å². The average molecular weight is 344 g/mol. The minimum absolute atomic E-state index is 0.184. The van der Waals surface area contributed by atoms with Crippen molar-refractivity contribution in [2.45, 2.75) is 39.2 Å². The summed E-state index contributed by atoms with van der Waals surface area (Å²) in [5.41, 5.74) is 7.07. The molecule has 1 aromatic rings. The fourth-order valence-electron chi connectivity index (χ4n) is 1.75. The van der Waals surface area contributed by atoms with Crippen molar-refractivity contribution in [3.05, 3.63) is 28.2 Å². The highest BCUT2D eigenvalue weighted by atomic mass is 79.9. The van der Waals surface area contributed by atoms with E-state index in [9.17, 15) is 4.79 Å². The van der Waals surface area contributed by atoms with Crippen molar-refractivity contribution in [2.24, 2.45) is 5.73 Å². The maximum absolute atomic E-state index is 11.3. The molecule has 0 saturated carbocycles. The third kappa shape index (κ3) is 5.51. The molecular weight excluding hydrogens is 322 g/mol. The van der Waals surface area contributed by atoms with Crippen molar-refractivity contribution in [1.29, 1.82) is 0 Å². The smallest absolute Gasteiger partial charge is 0.305 e. The van der Waals surface area contributed by atoms with Crippen molar-refractivity contribution in [2.75, 3.05) is 13.2 Å². The first-order valence-corrected chi connectivity index (χ1v) is 7.71. The van der Waals surface area contributed by atoms with E-state index in [0.717, 1.165) is 22.2 Å². The first-order chi connectivity index (χ1) is 9.58. The van der Waals surface area contributed by atoms with Gasteiger partial charge in [0.05, 0.1) is 17.7 Å². The van der Waals surface area contributed by atoms with Crippen molar-refractivity contribution in [3.63, 3.8) is 0 Å². The molecule has 0 amide bonds. The Bertz CT molecular complexity index is 437. The fraction of sp³-hybridized carbons (Fsp3) is 0.533. The highest BCUT2D eigenvalue weighted by Gasteiger charge is 2.12. The van der Waals surface area contributed by atoms with E-state index in [-0.39, 0.29) is 12.0 Å². The van der Waals surface area contributed by atoms with Gasteiger partial charge >= 0.3 is 5.97 Å². The zero-order valence-electron chi connectivity index (χ0n) is 12.0. The summed E-state index contributed by atoms with van der Waals surface area (Å²) in [6.45, 7) is 4.95. The molecule has 0 aliphatic heterocycles. The molecule has 0 bridgehead atoms. The molecule has 4 nitrogen and oxygen atoms in total. The summed E-state index contributed by atoms with van der Waals surface area (Å²) >= 11 is 3.48. The maximum atomic E-state index is 11.3. The molecule has 112 valence electrons. The van der Waals surface area contributed by atoms with E-state index in [4.69, 9.17) is 15.2 Å². The molecule has 1 rings (SSSR count). The molecule has 1 unspecified atom stereocenters. The number of nitrogens with two attached hydrogens (primary N) is 1. The van der Waals surface area contributed by atoms with Gasteiger partial charge in [-0.1, -0.05) is 13.0 Å². The summed E-state index contributed by atoms with van der Waals surface area (Å²) in [4.78, 5) is 11.3. The topological polar surface area (TPSA) is 61.5 Å². The van der Waals surface area contributed by atoms with Gasteiger partial charge in [-0.2, -0.15) is 0 Å². The normalized spacial score (nSPS) is 12.0. The molecule has 0 aliphatic rings. The van der Waals surface area contributed by atoms with Gasteiger partial charge in [-0.05, 0) is 53.4 Å². The highest BCUT2D eigenvalue weighted by Crippen LogP contribution is 2.29. The predicted molar refractivity (Wildman–Crippen MR) is 82.7 cm³/mol. The zero-order chi connectivity index (χ0) is 15.0. The van der Waals surface area contributed by atoms with E-state index in [2.05, 4.69) is 22.9 Å². The van der Waals surface area contributed by atoms with Crippen molar-refractivity contribution < 1.29 is 14.3 Å². The first kappa shape index (κ1) is 17.0. The standard InChI is InChI=1S/C15H22BrNO3/c1-3-9-20-14-7-5-11(10-12(14)16)13(17)6-8-15(18)19-4-2/h5,7,10,13H,3-4,6,8-9,17H2,1-2H3. The van der Waals surface area contributed by atoms with Gasteiger partial charge in [0, 0.05) is 12.5 Å². The Hall–Kier alpha value is -1.07. The van der Waals surface area contributed by atoms with Crippen LogP contribution in [0.15, 0.2) is 22.7 Å². The summed E-state index contributed by atoms with van der Waals surface area (Å²) in [6, 6.07) is 5.60. The predicted octanol–water partition coefficient (Wildman–Crippen LogP) is 3.58. The second-order valence-electron chi connectivity index (χ2n) is 4.49. The maximum Gasteiger partial charge on any atom is 0.305 e. The van der Waals surface area contributed by atoms with Crippen LogP contribution in [0.25, 0.3) is 0 Å². The number of hydrogen-bond donors (Lipinski definition) is 1. The molecule has 0 aliphatic carbocycles. The van der Waals surface area contributed by atoms with Crippen LogP contribution in [0.5, 0.6) is 5.75 Å². The largest absolute Gasteiger partial charge is 0.492 e. The SMILES string of the molecule is CCCOc1ccc(C(N)CCC(=O)OCC)cc1Br. The lowest BCUT2D eigenvalue weighted by Crippen LogP contribution is -2.13. The molecular formula is C15H22BrNO3. The van der Waals surface area contributed by atoms with Crippen LogP contribution in [0.3, 0.4) is 0 Å². The Morgan fingerprint density at radius 2 is 2.15 bits per heavy atom. The average Bonchev–Trinajstić information content (AvgIpc) is 2.43. The Morgan fingerprint density at radius 3 is 2.75 bits per heavy atom. The van der Waals surface area contributed by atoms with Crippen LogP contribution in [-0.4, -0.2) is 19.2 Å². The van der Waals surface area contributed by atoms with Crippen LogP contribution in [-0.2, 0) is 9.53 Å². The van der Waals surface area contributed by atoms with E-state index in [0.29, 0.717) is 26.1 Å². The quantitative estimate of drug-likeness (QED) is 0.732. The number of carbonyl (C=O) groups excluding carboxylic acids is 1. The third-order valence-electron chi connectivity index (χ3n) is 2.81. The monoisotopic (exact) mass is 343 g/mol. The number of hydrogen-bond acceptors (Lipinski definition) is 4. The second-order valence-corrected chi connectivity index (χ2v) is 5.34.